The van der Waals surface area contributed by atoms with E-state index in [4.69, 9.17) is 5.11 Å². The van der Waals surface area contributed by atoms with Crippen LogP contribution in [-0.4, -0.2) is 17.2 Å². The Labute approximate surface area is 103 Å². The number of carbonyl (C=O) groups is 2. The van der Waals surface area contributed by atoms with Crippen LogP contribution in [0.3, 0.4) is 0 Å². The molecule has 4 heteroatoms. The fourth-order valence-corrected chi connectivity index (χ4v) is 1.57. The lowest BCUT2D eigenvalue weighted by Gasteiger charge is -2.03. The first-order valence-corrected chi connectivity index (χ1v) is 5.27. The van der Waals surface area contributed by atoms with Gasteiger partial charge < -0.3 is 9.84 Å². The maximum absolute atomic E-state index is 11.3. The van der Waals surface area contributed by atoms with E-state index in [2.05, 4.69) is 4.74 Å². The second-order valence-corrected chi connectivity index (χ2v) is 3.60. The summed E-state index contributed by atoms with van der Waals surface area (Å²) >= 11 is 0. The molecule has 2 rings (SSSR count). The van der Waals surface area contributed by atoms with Crippen molar-refractivity contribution in [3.63, 3.8) is 0 Å². The van der Waals surface area contributed by atoms with Gasteiger partial charge in [0, 0.05) is 0 Å². The molecule has 0 radical (unpaired) electrons. The second-order valence-electron chi connectivity index (χ2n) is 3.60. The molecule has 0 spiro atoms. The molecule has 0 aliphatic heterocycles. The first kappa shape index (κ1) is 11.9. The zero-order valence-corrected chi connectivity index (χ0v) is 9.37. The monoisotopic (exact) mass is 242 g/mol. The summed E-state index contributed by atoms with van der Waals surface area (Å²) in [4.78, 5) is 21.5. The molecule has 0 aliphatic carbocycles. The summed E-state index contributed by atoms with van der Waals surface area (Å²) in [6.07, 6.45) is -1.60. The number of benzene rings is 2. The molecule has 90 valence electrons. The third-order valence-electron chi connectivity index (χ3n) is 2.41. The van der Waals surface area contributed by atoms with Crippen LogP contribution in [-0.2, 0) is 4.74 Å². The van der Waals surface area contributed by atoms with Crippen molar-refractivity contribution in [2.75, 3.05) is 0 Å². The van der Waals surface area contributed by atoms with Crippen LogP contribution in [0.4, 0.5) is 4.79 Å². The quantitative estimate of drug-likeness (QED) is 0.648. The predicted molar refractivity (Wildman–Crippen MR) is 65.3 cm³/mol. The minimum atomic E-state index is -1.60. The molecule has 18 heavy (non-hydrogen) atoms. The fourth-order valence-electron chi connectivity index (χ4n) is 1.57. The highest BCUT2D eigenvalue weighted by atomic mass is 16.7. The van der Waals surface area contributed by atoms with Crippen molar-refractivity contribution in [3.05, 3.63) is 60.2 Å². The van der Waals surface area contributed by atoms with E-state index in [0.717, 1.165) is 11.1 Å². The summed E-state index contributed by atoms with van der Waals surface area (Å²) in [5.74, 6) is -0.873. The zero-order valence-electron chi connectivity index (χ0n) is 9.37. The van der Waals surface area contributed by atoms with Crippen LogP contribution in [0.2, 0.25) is 0 Å². The Bertz CT molecular complexity index is 558. The van der Waals surface area contributed by atoms with E-state index in [-0.39, 0.29) is 5.56 Å². The first-order chi connectivity index (χ1) is 8.66. The van der Waals surface area contributed by atoms with Gasteiger partial charge in [0.2, 0.25) is 0 Å². The molecule has 0 bridgehead atoms. The first-order valence-electron chi connectivity index (χ1n) is 5.27. The van der Waals surface area contributed by atoms with Crippen LogP contribution in [0.25, 0.3) is 11.1 Å². The van der Waals surface area contributed by atoms with Gasteiger partial charge in [0.1, 0.15) is 0 Å². The molecular weight excluding hydrogens is 232 g/mol. The molecule has 0 unspecified atom stereocenters. The van der Waals surface area contributed by atoms with E-state index in [0.29, 0.717) is 0 Å². The van der Waals surface area contributed by atoms with E-state index in [1.165, 1.54) is 12.1 Å². The molecule has 4 nitrogen and oxygen atoms in total. The van der Waals surface area contributed by atoms with Gasteiger partial charge in [0.15, 0.2) is 0 Å². The van der Waals surface area contributed by atoms with E-state index in [1.54, 1.807) is 12.1 Å². The van der Waals surface area contributed by atoms with Gasteiger partial charge in [-0.1, -0.05) is 42.5 Å². The van der Waals surface area contributed by atoms with Gasteiger partial charge in [-0.3, -0.25) is 0 Å². The van der Waals surface area contributed by atoms with Crippen molar-refractivity contribution in [2.45, 2.75) is 0 Å². The van der Waals surface area contributed by atoms with Crippen molar-refractivity contribution in [1.29, 1.82) is 0 Å². The van der Waals surface area contributed by atoms with Crippen molar-refractivity contribution in [2.24, 2.45) is 0 Å². The Morgan fingerprint density at radius 3 is 1.94 bits per heavy atom. The Balaban J connectivity index is 2.20. The van der Waals surface area contributed by atoms with Crippen LogP contribution >= 0.6 is 0 Å². The number of hydrogen-bond donors (Lipinski definition) is 1. The maximum atomic E-state index is 11.3. The van der Waals surface area contributed by atoms with E-state index < -0.39 is 12.1 Å². The minimum absolute atomic E-state index is 0.206. The van der Waals surface area contributed by atoms with Gasteiger partial charge in [-0.05, 0) is 23.3 Å². The highest BCUT2D eigenvalue weighted by Crippen LogP contribution is 2.19. The Hall–Kier alpha value is -2.62. The normalized spacial score (nSPS) is 9.78. The van der Waals surface area contributed by atoms with Crippen LogP contribution in [0, 0.1) is 0 Å². The second kappa shape index (κ2) is 5.14. The lowest BCUT2D eigenvalue weighted by molar-refractivity contribution is 0.0509. The molecule has 0 amide bonds. The predicted octanol–water partition coefficient (Wildman–Crippen LogP) is 3.19. The van der Waals surface area contributed by atoms with Crippen LogP contribution in [0.1, 0.15) is 10.4 Å². The Morgan fingerprint density at radius 2 is 1.39 bits per heavy atom. The minimum Gasteiger partial charge on any atom is -0.449 e. The van der Waals surface area contributed by atoms with Crippen LogP contribution in [0.15, 0.2) is 54.6 Å². The Kier molecular flexibility index (Phi) is 3.38. The number of hydrogen-bond acceptors (Lipinski definition) is 3. The van der Waals surface area contributed by atoms with Crippen molar-refractivity contribution in [3.8, 4) is 11.1 Å². The molecule has 2 aromatic carbocycles. The van der Waals surface area contributed by atoms with E-state index >= 15 is 0 Å². The van der Waals surface area contributed by atoms with Gasteiger partial charge in [-0.15, -0.1) is 0 Å². The third kappa shape index (κ3) is 2.74. The Morgan fingerprint density at radius 1 is 0.833 bits per heavy atom. The topological polar surface area (TPSA) is 63.6 Å². The number of carboxylic acid groups (broad SMARTS) is 1. The van der Waals surface area contributed by atoms with Crippen molar-refractivity contribution < 1.29 is 19.4 Å². The molecule has 1 N–H and O–H groups in total. The van der Waals surface area contributed by atoms with Crippen LogP contribution < -0.4 is 0 Å². The lowest BCUT2D eigenvalue weighted by Crippen LogP contribution is -2.09. The van der Waals surface area contributed by atoms with Gasteiger partial charge in [-0.2, -0.15) is 0 Å². The number of ether oxygens (including phenoxy) is 1. The molecule has 0 aromatic heterocycles. The number of carbonyl (C=O) groups excluding carboxylic acids is 1. The molecule has 0 aliphatic rings. The third-order valence-corrected chi connectivity index (χ3v) is 2.41. The largest absolute Gasteiger partial charge is 0.513 e. The van der Waals surface area contributed by atoms with E-state index in [9.17, 15) is 9.59 Å². The number of rotatable bonds is 2. The van der Waals surface area contributed by atoms with Crippen molar-refractivity contribution >= 4 is 12.1 Å². The summed E-state index contributed by atoms with van der Waals surface area (Å²) in [5.41, 5.74) is 2.18. The SMILES string of the molecule is O=C(O)OC(=O)c1ccc(-c2ccccc2)cc1. The zero-order chi connectivity index (χ0) is 13.0. The maximum Gasteiger partial charge on any atom is 0.513 e. The summed E-state index contributed by atoms with van der Waals surface area (Å²) in [5, 5.41) is 8.33. The highest BCUT2D eigenvalue weighted by Gasteiger charge is 2.11. The fraction of sp³-hybridized carbons (Fsp3) is 0. The summed E-state index contributed by atoms with van der Waals surface area (Å²) in [6.45, 7) is 0. The van der Waals surface area contributed by atoms with Gasteiger partial charge in [-0.25, -0.2) is 9.59 Å². The average Bonchev–Trinajstić information content (AvgIpc) is 2.39. The molecule has 0 fully saturated rings. The standard InChI is InChI=1S/C14H10O4/c15-13(18-14(16)17)12-8-6-11(7-9-12)10-4-2-1-3-5-10/h1-9H,(H,16,17). The molecule has 0 saturated carbocycles. The lowest BCUT2D eigenvalue weighted by atomic mass is 10.0. The average molecular weight is 242 g/mol. The molecule has 0 saturated heterocycles. The van der Waals surface area contributed by atoms with Gasteiger partial charge in [0.25, 0.3) is 0 Å². The molecule has 0 heterocycles. The molecular formula is C14H10O4. The highest BCUT2D eigenvalue weighted by molar-refractivity contribution is 5.95. The van der Waals surface area contributed by atoms with E-state index in [1.807, 2.05) is 30.3 Å². The van der Waals surface area contributed by atoms with Gasteiger partial charge >= 0.3 is 12.1 Å². The smallest absolute Gasteiger partial charge is 0.449 e. The molecule has 2 aromatic rings. The summed E-state index contributed by atoms with van der Waals surface area (Å²) < 4.78 is 4.06. The molecule has 0 atom stereocenters. The summed E-state index contributed by atoms with van der Waals surface area (Å²) in [7, 11) is 0. The summed E-state index contributed by atoms with van der Waals surface area (Å²) in [6, 6.07) is 16.2. The van der Waals surface area contributed by atoms with Gasteiger partial charge in [0.05, 0.1) is 5.56 Å². The van der Waals surface area contributed by atoms with Crippen LogP contribution in [0.5, 0.6) is 0 Å². The van der Waals surface area contributed by atoms with Crippen molar-refractivity contribution in [1.82, 2.24) is 0 Å². The number of esters is 1.